The predicted octanol–water partition coefficient (Wildman–Crippen LogP) is -0.918. The number of aromatic nitrogens is 3. The quantitative estimate of drug-likeness (QED) is 0.0309. The van der Waals surface area contributed by atoms with Gasteiger partial charge in [-0.15, -0.1) is 0 Å². The predicted molar refractivity (Wildman–Crippen MR) is 181 cm³/mol. The second-order valence-electron chi connectivity index (χ2n) is 11.1. The number of hydrogen-bond donors (Lipinski definition) is 3. The van der Waals surface area contributed by atoms with Crippen LogP contribution in [0.1, 0.15) is 35.0 Å². The van der Waals surface area contributed by atoms with Crippen LogP contribution in [0.2, 0.25) is 0 Å². The van der Waals surface area contributed by atoms with Crippen LogP contribution in [0, 0.1) is 11.8 Å². The molecule has 25 nitrogen and oxygen atoms in total. The molecule has 28 heteroatoms. The van der Waals surface area contributed by atoms with Crippen molar-refractivity contribution in [3.05, 3.63) is 58.4 Å². The molecule has 1 aliphatic heterocycles. The molecule has 4 N–H and O–H groups in total. The second-order valence-corrected chi connectivity index (χ2v) is 15.3. The van der Waals surface area contributed by atoms with Gasteiger partial charge in [0, 0.05) is 23.7 Å². The van der Waals surface area contributed by atoms with E-state index in [9.17, 15) is 42.9 Å². The molecule has 0 bridgehead atoms. The lowest BCUT2D eigenvalue weighted by Gasteiger charge is -2.37. The molecule has 0 spiro atoms. The smallest absolute Gasteiger partial charge is 0.278 e. The van der Waals surface area contributed by atoms with Crippen molar-refractivity contribution in [3.63, 3.8) is 0 Å². The van der Waals surface area contributed by atoms with Gasteiger partial charge in [0.2, 0.25) is 5.91 Å². The topological polar surface area (TPSA) is 372 Å². The number of carbonyl (C=O) groups is 2. The van der Waals surface area contributed by atoms with Crippen LogP contribution in [0.3, 0.4) is 0 Å². The zero-order chi connectivity index (χ0) is 40.9. The highest BCUT2D eigenvalue weighted by molar-refractivity contribution is 7.64. The molecule has 1 aromatic carbocycles. The first-order valence-electron chi connectivity index (χ1n) is 15.9. The molecule has 1 saturated heterocycles. The summed E-state index contributed by atoms with van der Waals surface area (Å²) in [6.45, 7) is -1.42. The van der Waals surface area contributed by atoms with Crippen LogP contribution < -0.4 is 40.7 Å². The number of fused-ring (bicyclic) bond motifs is 1. The maximum absolute atomic E-state index is 12.3. The summed E-state index contributed by atoms with van der Waals surface area (Å²) >= 11 is 0. The van der Waals surface area contributed by atoms with E-state index in [0.29, 0.717) is 27.9 Å². The summed E-state index contributed by atoms with van der Waals surface area (Å²) in [6.07, 6.45) is 0.532. The number of benzene rings is 1. The Morgan fingerprint density at radius 1 is 1.16 bits per heavy atom. The van der Waals surface area contributed by atoms with E-state index in [1.165, 1.54) is 19.4 Å². The number of phosphoric acid groups is 3. The number of carbonyl (C=O) groups excluding carboxylic acids is 2. The molecule has 3 unspecified atom stereocenters. The number of nitrogen functional groups attached to an aromatic ring is 1. The lowest BCUT2D eigenvalue weighted by molar-refractivity contribution is -0.339. The number of azide groups is 1. The fraction of sp³-hybridized carbons (Fsp3) is 0.429. The maximum atomic E-state index is 12.3. The molecule has 2 aromatic heterocycles. The summed E-state index contributed by atoms with van der Waals surface area (Å²) in [4.78, 5) is 79.3. The SMILES string of the molecule is CNC(=O)c1cccc(OCC(N=[N+]=[N-])OCCOCC(=O)NCC#Cc2cn([C@H]3CC[C@@H](COP(=O)([O-])OP(=O)([O-])OP(=O)([O-])[O-])O3)c3ncnc(N)c23)c1. The van der Waals surface area contributed by atoms with E-state index in [4.69, 9.17) is 30.2 Å². The molecular weight excluding hydrogens is 811 g/mol. The Morgan fingerprint density at radius 2 is 1.95 bits per heavy atom. The van der Waals surface area contributed by atoms with Crippen LogP contribution in [0.4, 0.5) is 5.82 Å². The standard InChI is InChI=1S/C28H36N9O16P3/c1-31-28(39)18-4-2-6-20(12-18)49-16-23(35-36-30)48-11-10-47-15-22(38)32-9-3-5-19-13-37(27-25(19)26(29)33-17-34-27)24-8-7-21(51-24)14-50-55(43,44)53-56(45,46)52-54(40,41)42/h2,4,6,12-13,17,21,23-24H,7-11,14-16H2,1H3,(H,31,39)(H,32,38)(H,43,44)(H,45,46)(H2,29,33,34)(H2,40,41,42)/p-4/t21-,23?,24+/m0/s1. The van der Waals surface area contributed by atoms with Gasteiger partial charge in [0.15, 0.2) is 6.23 Å². The highest BCUT2D eigenvalue weighted by Gasteiger charge is 2.31. The van der Waals surface area contributed by atoms with Gasteiger partial charge in [-0.3, -0.25) is 23.0 Å². The number of nitrogens with zero attached hydrogens (tertiary/aromatic N) is 6. The minimum Gasteiger partial charge on any atom is -0.790 e. The molecule has 1 aliphatic rings. The van der Waals surface area contributed by atoms with Crippen molar-refractivity contribution in [1.29, 1.82) is 0 Å². The Labute approximate surface area is 316 Å². The van der Waals surface area contributed by atoms with E-state index in [1.807, 2.05) is 0 Å². The van der Waals surface area contributed by atoms with Gasteiger partial charge in [-0.25, -0.2) is 14.3 Å². The highest BCUT2D eigenvalue weighted by atomic mass is 31.3. The van der Waals surface area contributed by atoms with Crippen molar-refractivity contribution < 1.29 is 75.0 Å². The van der Waals surface area contributed by atoms with Crippen LogP contribution in [-0.4, -0.2) is 85.3 Å². The largest absolute Gasteiger partial charge is 0.790 e. The average molecular weight is 844 g/mol. The summed E-state index contributed by atoms with van der Waals surface area (Å²) in [5, 5.41) is 8.93. The van der Waals surface area contributed by atoms with Gasteiger partial charge in [0.05, 0.1) is 51.2 Å². The molecule has 2 amide bonds. The van der Waals surface area contributed by atoms with Crippen LogP contribution in [0.15, 0.2) is 41.9 Å². The van der Waals surface area contributed by atoms with Gasteiger partial charge in [-0.2, -0.15) is 0 Å². The van der Waals surface area contributed by atoms with Crippen molar-refractivity contribution in [3.8, 4) is 17.6 Å². The van der Waals surface area contributed by atoms with Crippen LogP contribution >= 0.6 is 23.5 Å². The molecule has 0 radical (unpaired) electrons. The third kappa shape index (κ3) is 13.9. The van der Waals surface area contributed by atoms with Gasteiger partial charge in [0.1, 0.15) is 43.0 Å². The van der Waals surface area contributed by atoms with Crippen LogP contribution in [0.5, 0.6) is 5.75 Å². The molecule has 304 valence electrons. The first-order chi connectivity index (χ1) is 26.5. The third-order valence-electron chi connectivity index (χ3n) is 7.12. The van der Waals surface area contributed by atoms with Crippen molar-refractivity contribution in [2.24, 2.45) is 5.11 Å². The van der Waals surface area contributed by atoms with Crippen LogP contribution in [-0.2, 0) is 45.8 Å². The Balaban J connectivity index is 1.23. The Hall–Kier alpha value is -4.46. The minimum absolute atomic E-state index is 0.0336. The van der Waals surface area contributed by atoms with Gasteiger partial charge < -0.3 is 68.5 Å². The lowest BCUT2D eigenvalue weighted by Crippen LogP contribution is -2.29. The first kappa shape index (κ1) is 44.3. The van der Waals surface area contributed by atoms with E-state index in [1.54, 1.807) is 29.0 Å². The number of nitrogens with two attached hydrogens (primary N) is 1. The average Bonchev–Trinajstić information content (AvgIpc) is 3.75. The number of ether oxygens (including phenoxy) is 4. The molecule has 3 aromatic rings. The fourth-order valence-corrected chi connectivity index (χ4v) is 7.73. The number of rotatable bonds is 20. The zero-order valence-electron chi connectivity index (χ0n) is 29.0. The highest BCUT2D eigenvalue weighted by Crippen LogP contribution is 2.60. The second kappa shape index (κ2) is 20.1. The Morgan fingerprint density at radius 3 is 2.68 bits per heavy atom. The minimum atomic E-state index is -6.13. The third-order valence-corrected chi connectivity index (χ3v) is 10.8. The Kier molecular flexibility index (Phi) is 15.9. The van der Waals surface area contributed by atoms with E-state index in [0.717, 1.165) is 0 Å². The van der Waals surface area contributed by atoms with Crippen molar-refractivity contribution in [2.75, 3.05) is 52.4 Å². The zero-order valence-corrected chi connectivity index (χ0v) is 31.7. The van der Waals surface area contributed by atoms with Crippen molar-refractivity contribution in [2.45, 2.75) is 31.4 Å². The molecule has 5 atom stereocenters. The molecule has 0 aliphatic carbocycles. The van der Waals surface area contributed by atoms with E-state index >= 15 is 0 Å². The summed E-state index contributed by atoms with van der Waals surface area (Å²) in [6, 6.07) is 6.36. The molecule has 1 fully saturated rings. The maximum Gasteiger partial charge on any atom is 0.278 e. The van der Waals surface area contributed by atoms with Crippen molar-refractivity contribution >= 4 is 52.1 Å². The van der Waals surface area contributed by atoms with E-state index in [-0.39, 0.29) is 57.5 Å². The van der Waals surface area contributed by atoms with Crippen LogP contribution in [0.25, 0.3) is 21.5 Å². The lowest BCUT2D eigenvalue weighted by atomic mass is 10.2. The number of hydrogen-bond acceptors (Lipinski definition) is 20. The van der Waals surface area contributed by atoms with Gasteiger partial charge in [-0.1, -0.05) is 23.0 Å². The Bertz CT molecular complexity index is 2130. The van der Waals surface area contributed by atoms with Crippen molar-refractivity contribution in [1.82, 2.24) is 25.2 Å². The number of phosphoric ester groups is 1. The monoisotopic (exact) mass is 843 g/mol. The molecule has 3 heterocycles. The summed E-state index contributed by atoms with van der Waals surface area (Å²) in [5.74, 6) is 5.28. The molecule has 56 heavy (non-hydrogen) atoms. The molecule has 0 saturated carbocycles. The number of nitrogens with one attached hydrogen (secondary N) is 2. The van der Waals surface area contributed by atoms with Gasteiger partial charge in [0.25, 0.3) is 21.6 Å². The normalized spacial score (nSPS) is 18.1. The van der Waals surface area contributed by atoms with Gasteiger partial charge >= 0.3 is 0 Å². The fourth-order valence-electron chi connectivity index (χ4n) is 4.85. The number of anilines is 1. The first-order valence-corrected chi connectivity index (χ1v) is 20.3. The summed E-state index contributed by atoms with van der Waals surface area (Å²) in [7, 11) is -16.5. The molecular formula is C28H32N9O16P3-4. The van der Waals surface area contributed by atoms with Gasteiger partial charge in [-0.05, 0) is 36.6 Å². The number of amides is 2. The van der Waals surface area contributed by atoms with E-state index < -0.39 is 54.5 Å². The summed E-state index contributed by atoms with van der Waals surface area (Å²) in [5.41, 5.74) is 16.0. The summed E-state index contributed by atoms with van der Waals surface area (Å²) < 4.78 is 68.7. The molecule has 4 rings (SSSR count). The van der Waals surface area contributed by atoms with E-state index in [2.05, 4.69) is 55.6 Å².